The lowest BCUT2D eigenvalue weighted by molar-refractivity contribution is -0.123. The van der Waals surface area contributed by atoms with E-state index in [-0.39, 0.29) is 35.1 Å². The minimum absolute atomic E-state index is 0.0537. The third kappa shape index (κ3) is 3.44. The second-order valence-corrected chi connectivity index (χ2v) is 9.16. The van der Waals surface area contributed by atoms with Gasteiger partial charge in [-0.2, -0.15) is 0 Å². The van der Waals surface area contributed by atoms with Crippen molar-refractivity contribution < 1.29 is 9.59 Å². The van der Waals surface area contributed by atoms with Crippen LogP contribution in [0.1, 0.15) is 45.2 Å². The fourth-order valence-electron chi connectivity index (χ4n) is 4.13. The molecule has 4 heteroatoms. The Bertz CT molecular complexity index is 911. The number of nitrogens with one attached hydrogen (secondary N) is 1. The maximum atomic E-state index is 13.0. The van der Waals surface area contributed by atoms with Crippen LogP contribution in [0.4, 0.5) is 11.4 Å². The summed E-state index contributed by atoms with van der Waals surface area (Å²) in [4.78, 5) is 27.6. The molecule has 2 aliphatic rings. The zero-order valence-corrected chi connectivity index (χ0v) is 17.0. The molecule has 4 nitrogen and oxygen atoms in total. The minimum Gasteiger partial charge on any atom is -0.326 e. The van der Waals surface area contributed by atoms with E-state index in [1.54, 1.807) is 0 Å². The number of amides is 2. The lowest BCUT2D eigenvalue weighted by Gasteiger charge is -2.23. The standard InChI is InChI=1S/C24H28N2O2/c1-15-13-16-7-5-6-8-21(16)26(15)23(28)20-14-19(20)22(27)25-18-11-9-17(10-12-18)24(2,3)4/h5-12,15,19-20H,13-14H2,1-4H3,(H,25,27). The zero-order valence-electron chi connectivity index (χ0n) is 17.0. The molecule has 0 aromatic heterocycles. The van der Waals surface area contributed by atoms with Crippen molar-refractivity contribution in [2.45, 2.75) is 52.0 Å². The Hall–Kier alpha value is -2.62. The van der Waals surface area contributed by atoms with E-state index in [1.165, 1.54) is 11.1 Å². The average Bonchev–Trinajstić information content (AvgIpc) is 3.37. The average molecular weight is 377 g/mol. The lowest BCUT2D eigenvalue weighted by atomic mass is 9.87. The number of benzene rings is 2. The van der Waals surface area contributed by atoms with Crippen LogP contribution in [-0.2, 0) is 21.4 Å². The van der Waals surface area contributed by atoms with Crippen LogP contribution in [0, 0.1) is 11.8 Å². The van der Waals surface area contributed by atoms with Crippen LogP contribution in [0.3, 0.4) is 0 Å². The summed E-state index contributed by atoms with van der Waals surface area (Å²) < 4.78 is 0. The predicted octanol–water partition coefficient (Wildman–Crippen LogP) is 4.54. The quantitative estimate of drug-likeness (QED) is 0.855. The van der Waals surface area contributed by atoms with Gasteiger partial charge in [-0.15, -0.1) is 0 Å². The number of fused-ring (bicyclic) bond motifs is 1. The largest absolute Gasteiger partial charge is 0.326 e. The second kappa shape index (κ2) is 6.77. The molecule has 1 aliphatic carbocycles. The van der Waals surface area contributed by atoms with Crippen LogP contribution >= 0.6 is 0 Å². The van der Waals surface area contributed by atoms with E-state index in [4.69, 9.17) is 0 Å². The first-order chi connectivity index (χ1) is 13.3. The molecule has 4 rings (SSSR count). The van der Waals surface area contributed by atoms with Crippen molar-refractivity contribution in [1.29, 1.82) is 0 Å². The highest BCUT2D eigenvalue weighted by Crippen LogP contribution is 2.44. The van der Waals surface area contributed by atoms with E-state index in [9.17, 15) is 9.59 Å². The molecule has 0 saturated heterocycles. The van der Waals surface area contributed by atoms with E-state index < -0.39 is 0 Å². The molecule has 1 aliphatic heterocycles. The van der Waals surface area contributed by atoms with Gasteiger partial charge in [0.15, 0.2) is 0 Å². The van der Waals surface area contributed by atoms with Gasteiger partial charge in [0.05, 0.1) is 11.8 Å². The predicted molar refractivity (Wildman–Crippen MR) is 112 cm³/mol. The number of rotatable bonds is 3. The minimum atomic E-state index is -0.227. The summed E-state index contributed by atoms with van der Waals surface area (Å²) in [6, 6.07) is 16.2. The third-order valence-corrected chi connectivity index (χ3v) is 5.91. The number of hydrogen-bond acceptors (Lipinski definition) is 2. The summed E-state index contributed by atoms with van der Waals surface area (Å²) in [5, 5.41) is 2.98. The topological polar surface area (TPSA) is 49.4 Å². The van der Waals surface area contributed by atoms with E-state index in [0.29, 0.717) is 6.42 Å². The molecule has 1 saturated carbocycles. The van der Waals surface area contributed by atoms with Crippen LogP contribution in [0.25, 0.3) is 0 Å². The van der Waals surface area contributed by atoms with Crippen molar-refractivity contribution in [2.24, 2.45) is 11.8 Å². The molecule has 3 unspecified atom stereocenters. The second-order valence-electron chi connectivity index (χ2n) is 9.16. The van der Waals surface area contributed by atoms with Crippen molar-refractivity contribution in [1.82, 2.24) is 0 Å². The van der Waals surface area contributed by atoms with Crippen molar-refractivity contribution in [3.05, 3.63) is 59.7 Å². The Morgan fingerprint density at radius 2 is 1.68 bits per heavy atom. The van der Waals surface area contributed by atoms with Gasteiger partial charge in [0.25, 0.3) is 0 Å². The number of nitrogens with zero attached hydrogens (tertiary/aromatic N) is 1. The number of para-hydroxylation sites is 1. The van der Waals surface area contributed by atoms with E-state index in [1.807, 2.05) is 47.4 Å². The molecule has 0 spiro atoms. The summed E-state index contributed by atoms with van der Waals surface area (Å²) >= 11 is 0. The first kappa shape index (κ1) is 18.7. The molecule has 3 atom stereocenters. The highest BCUT2D eigenvalue weighted by molar-refractivity contribution is 6.05. The molecule has 28 heavy (non-hydrogen) atoms. The van der Waals surface area contributed by atoms with Gasteiger partial charge in [-0.05, 0) is 54.5 Å². The van der Waals surface area contributed by atoms with E-state index in [0.717, 1.165) is 17.8 Å². The zero-order chi connectivity index (χ0) is 20.1. The van der Waals surface area contributed by atoms with E-state index in [2.05, 4.69) is 39.1 Å². The van der Waals surface area contributed by atoms with Gasteiger partial charge in [-0.3, -0.25) is 9.59 Å². The highest BCUT2D eigenvalue weighted by Gasteiger charge is 2.51. The Morgan fingerprint density at radius 1 is 1.00 bits per heavy atom. The maximum absolute atomic E-state index is 13.0. The summed E-state index contributed by atoms with van der Waals surface area (Å²) in [6.07, 6.45) is 1.52. The molecule has 1 N–H and O–H groups in total. The number of anilines is 2. The Morgan fingerprint density at radius 3 is 2.36 bits per heavy atom. The van der Waals surface area contributed by atoms with Crippen LogP contribution in [0.5, 0.6) is 0 Å². The molecular weight excluding hydrogens is 348 g/mol. The Balaban J connectivity index is 1.40. The molecule has 2 aromatic rings. The van der Waals surface area contributed by atoms with Gasteiger partial charge < -0.3 is 10.2 Å². The maximum Gasteiger partial charge on any atom is 0.231 e. The SMILES string of the molecule is CC1Cc2ccccc2N1C(=O)C1CC1C(=O)Nc1ccc(C(C)(C)C)cc1. The Kier molecular flexibility index (Phi) is 4.53. The van der Waals surface area contributed by atoms with Gasteiger partial charge in [0, 0.05) is 17.4 Å². The summed E-state index contributed by atoms with van der Waals surface area (Å²) in [5.74, 6) is -0.403. The van der Waals surface area contributed by atoms with Gasteiger partial charge in [-0.1, -0.05) is 51.1 Å². The lowest BCUT2D eigenvalue weighted by Crippen LogP contribution is -2.37. The smallest absolute Gasteiger partial charge is 0.231 e. The number of hydrogen-bond donors (Lipinski definition) is 1. The van der Waals surface area contributed by atoms with Gasteiger partial charge in [-0.25, -0.2) is 0 Å². The van der Waals surface area contributed by atoms with Crippen molar-refractivity contribution >= 4 is 23.2 Å². The molecular formula is C24H28N2O2. The number of carbonyl (C=O) groups is 2. The first-order valence-corrected chi connectivity index (χ1v) is 10.1. The normalized spacial score (nSPS) is 23.3. The monoisotopic (exact) mass is 376 g/mol. The molecule has 146 valence electrons. The number of carbonyl (C=O) groups excluding carboxylic acids is 2. The molecule has 2 aromatic carbocycles. The van der Waals surface area contributed by atoms with Crippen LogP contribution < -0.4 is 10.2 Å². The van der Waals surface area contributed by atoms with Crippen molar-refractivity contribution in [3.8, 4) is 0 Å². The van der Waals surface area contributed by atoms with Crippen LogP contribution in [0.15, 0.2) is 48.5 Å². The fraction of sp³-hybridized carbons (Fsp3) is 0.417. The molecule has 1 fully saturated rings. The molecule has 1 heterocycles. The Labute approximate surface area is 166 Å². The summed E-state index contributed by atoms with van der Waals surface area (Å²) in [6.45, 7) is 8.57. The van der Waals surface area contributed by atoms with Gasteiger partial charge in [0.1, 0.15) is 0 Å². The first-order valence-electron chi connectivity index (χ1n) is 10.1. The van der Waals surface area contributed by atoms with E-state index >= 15 is 0 Å². The molecule has 0 bridgehead atoms. The van der Waals surface area contributed by atoms with Gasteiger partial charge >= 0.3 is 0 Å². The highest BCUT2D eigenvalue weighted by atomic mass is 16.2. The van der Waals surface area contributed by atoms with Crippen molar-refractivity contribution in [2.75, 3.05) is 10.2 Å². The summed E-state index contributed by atoms with van der Waals surface area (Å²) in [7, 11) is 0. The molecule has 0 radical (unpaired) electrons. The van der Waals surface area contributed by atoms with Gasteiger partial charge in [0.2, 0.25) is 11.8 Å². The van der Waals surface area contributed by atoms with Crippen molar-refractivity contribution in [3.63, 3.8) is 0 Å². The van der Waals surface area contributed by atoms with Crippen LogP contribution in [0.2, 0.25) is 0 Å². The molecule has 2 amide bonds. The third-order valence-electron chi connectivity index (χ3n) is 5.91. The summed E-state index contributed by atoms with van der Waals surface area (Å²) in [5.41, 5.74) is 4.31. The fourth-order valence-corrected chi connectivity index (χ4v) is 4.13. The van der Waals surface area contributed by atoms with Crippen LogP contribution in [-0.4, -0.2) is 17.9 Å².